The summed E-state index contributed by atoms with van der Waals surface area (Å²) in [6.07, 6.45) is 1.86. The molecule has 0 radical (unpaired) electrons. The number of carbonyl (C=O) groups excluding carboxylic acids is 1. The Kier molecular flexibility index (Phi) is 4.82. The van der Waals surface area contributed by atoms with Gasteiger partial charge in [-0.1, -0.05) is 64.2 Å². The highest BCUT2D eigenvalue weighted by molar-refractivity contribution is 9.10. The molecule has 1 heterocycles. The number of hydrogen-bond acceptors (Lipinski definition) is 3. The predicted octanol–water partition coefficient (Wildman–Crippen LogP) is 5.62. The number of amides is 1. The summed E-state index contributed by atoms with van der Waals surface area (Å²) < 4.78 is 2.39. The molecule has 110 valence electrons. The second kappa shape index (κ2) is 6.66. The SMILES string of the molecule is O=C1C(=Cc2ccc(Br)cc2)SC(=S)N1c1ccccc1Br. The van der Waals surface area contributed by atoms with Crippen molar-refractivity contribution in [1.82, 2.24) is 0 Å². The van der Waals surface area contributed by atoms with E-state index in [1.54, 1.807) is 4.90 Å². The van der Waals surface area contributed by atoms with Crippen LogP contribution in [0, 0.1) is 0 Å². The lowest BCUT2D eigenvalue weighted by molar-refractivity contribution is -0.113. The molecule has 2 aromatic carbocycles. The molecular weight excluding hydrogens is 446 g/mol. The van der Waals surface area contributed by atoms with E-state index in [-0.39, 0.29) is 5.91 Å². The van der Waals surface area contributed by atoms with E-state index < -0.39 is 0 Å². The fourth-order valence-corrected chi connectivity index (χ4v) is 4.03. The summed E-state index contributed by atoms with van der Waals surface area (Å²) in [4.78, 5) is 14.9. The molecule has 2 aromatic rings. The van der Waals surface area contributed by atoms with E-state index in [1.807, 2.05) is 54.6 Å². The van der Waals surface area contributed by atoms with E-state index >= 15 is 0 Å². The first kappa shape index (κ1) is 15.9. The molecule has 1 fully saturated rings. The summed E-state index contributed by atoms with van der Waals surface area (Å²) in [7, 11) is 0. The zero-order valence-corrected chi connectivity index (χ0v) is 15.9. The molecule has 0 unspecified atom stereocenters. The highest BCUT2D eigenvalue weighted by Gasteiger charge is 2.34. The second-order valence-corrected chi connectivity index (χ2v) is 7.97. The van der Waals surface area contributed by atoms with Crippen LogP contribution in [0.25, 0.3) is 6.08 Å². The summed E-state index contributed by atoms with van der Waals surface area (Å²) in [5, 5.41) is 0. The summed E-state index contributed by atoms with van der Waals surface area (Å²) in [5.74, 6) is -0.0928. The van der Waals surface area contributed by atoms with E-state index in [0.717, 1.165) is 20.2 Å². The van der Waals surface area contributed by atoms with E-state index in [9.17, 15) is 4.79 Å². The number of rotatable bonds is 2. The third-order valence-corrected chi connectivity index (χ3v) is 5.56. The number of benzene rings is 2. The van der Waals surface area contributed by atoms with Crippen molar-refractivity contribution in [1.29, 1.82) is 0 Å². The van der Waals surface area contributed by atoms with E-state index in [4.69, 9.17) is 12.2 Å². The molecular formula is C16H9Br2NOS2. The van der Waals surface area contributed by atoms with Gasteiger partial charge in [-0.15, -0.1) is 0 Å². The van der Waals surface area contributed by atoms with Gasteiger partial charge in [-0.2, -0.15) is 0 Å². The molecule has 0 atom stereocenters. The number of hydrogen-bond donors (Lipinski definition) is 0. The van der Waals surface area contributed by atoms with Crippen LogP contribution in [0.1, 0.15) is 5.56 Å². The van der Waals surface area contributed by atoms with Crippen molar-refractivity contribution in [3.05, 3.63) is 67.9 Å². The maximum absolute atomic E-state index is 12.7. The number of para-hydroxylation sites is 1. The zero-order chi connectivity index (χ0) is 15.7. The number of anilines is 1. The quantitative estimate of drug-likeness (QED) is 0.434. The van der Waals surface area contributed by atoms with Crippen LogP contribution in [0.3, 0.4) is 0 Å². The third-order valence-electron chi connectivity index (χ3n) is 3.05. The van der Waals surface area contributed by atoms with Crippen LogP contribution in [0.15, 0.2) is 62.4 Å². The van der Waals surface area contributed by atoms with Crippen LogP contribution < -0.4 is 4.90 Å². The molecule has 1 aliphatic heterocycles. The molecule has 0 bridgehead atoms. The molecule has 1 aliphatic rings. The van der Waals surface area contributed by atoms with Crippen molar-refractivity contribution in [3.8, 4) is 0 Å². The summed E-state index contributed by atoms with van der Waals surface area (Å²) in [5.41, 5.74) is 1.74. The van der Waals surface area contributed by atoms with Crippen LogP contribution in [-0.2, 0) is 4.79 Å². The largest absolute Gasteiger partial charge is 0.270 e. The zero-order valence-electron chi connectivity index (χ0n) is 11.1. The highest BCUT2D eigenvalue weighted by atomic mass is 79.9. The van der Waals surface area contributed by atoms with Crippen LogP contribution in [0.5, 0.6) is 0 Å². The average molecular weight is 455 g/mol. The molecule has 3 rings (SSSR count). The Labute approximate surface area is 154 Å². The first-order valence-corrected chi connectivity index (χ1v) is 9.15. The number of thiocarbonyl (C=S) groups is 1. The van der Waals surface area contributed by atoms with Gasteiger partial charge in [-0.05, 0) is 51.8 Å². The predicted molar refractivity (Wildman–Crippen MR) is 104 cm³/mol. The Hall–Kier alpha value is -0.950. The lowest BCUT2D eigenvalue weighted by Gasteiger charge is -2.15. The molecule has 0 aliphatic carbocycles. The molecule has 0 spiro atoms. The van der Waals surface area contributed by atoms with Crippen molar-refractivity contribution in [2.45, 2.75) is 0 Å². The van der Waals surface area contributed by atoms with Gasteiger partial charge >= 0.3 is 0 Å². The van der Waals surface area contributed by atoms with Gasteiger partial charge in [0.2, 0.25) is 0 Å². The Balaban J connectivity index is 1.95. The van der Waals surface area contributed by atoms with Gasteiger partial charge in [0.05, 0.1) is 10.6 Å². The molecule has 1 amide bonds. The average Bonchev–Trinajstić information content (AvgIpc) is 2.77. The molecule has 22 heavy (non-hydrogen) atoms. The summed E-state index contributed by atoms with van der Waals surface area (Å²) in [6, 6.07) is 15.4. The van der Waals surface area contributed by atoms with Crippen LogP contribution in [0.2, 0.25) is 0 Å². The summed E-state index contributed by atoms with van der Waals surface area (Å²) in [6.45, 7) is 0. The van der Waals surface area contributed by atoms with Gasteiger partial charge in [0.1, 0.15) is 0 Å². The number of halogens is 2. The van der Waals surface area contributed by atoms with E-state index in [1.165, 1.54) is 11.8 Å². The minimum atomic E-state index is -0.0928. The fraction of sp³-hybridized carbons (Fsp3) is 0. The maximum atomic E-state index is 12.7. The monoisotopic (exact) mass is 453 g/mol. The minimum absolute atomic E-state index is 0.0928. The van der Waals surface area contributed by atoms with Crippen molar-refractivity contribution in [3.63, 3.8) is 0 Å². The second-order valence-electron chi connectivity index (χ2n) is 4.52. The number of thioether (sulfide) groups is 1. The van der Waals surface area contributed by atoms with Crippen LogP contribution in [-0.4, -0.2) is 10.2 Å². The third kappa shape index (κ3) is 3.20. The maximum Gasteiger partial charge on any atom is 0.270 e. The topological polar surface area (TPSA) is 20.3 Å². The highest BCUT2D eigenvalue weighted by Crippen LogP contribution is 2.38. The van der Waals surface area contributed by atoms with Gasteiger partial charge in [0.25, 0.3) is 5.91 Å². The smallest absolute Gasteiger partial charge is 0.268 e. The lowest BCUT2D eigenvalue weighted by atomic mass is 10.2. The van der Waals surface area contributed by atoms with Crippen molar-refractivity contribution in [2.24, 2.45) is 0 Å². The molecule has 0 aromatic heterocycles. The van der Waals surface area contributed by atoms with Gasteiger partial charge < -0.3 is 0 Å². The molecule has 0 N–H and O–H groups in total. The van der Waals surface area contributed by atoms with Gasteiger partial charge in [0.15, 0.2) is 4.32 Å². The summed E-state index contributed by atoms with van der Waals surface area (Å²) >= 11 is 13.6. The first-order chi connectivity index (χ1) is 10.6. The Morgan fingerprint density at radius 1 is 1.05 bits per heavy atom. The molecule has 1 saturated heterocycles. The normalized spacial score (nSPS) is 16.6. The number of nitrogens with zero attached hydrogens (tertiary/aromatic N) is 1. The van der Waals surface area contributed by atoms with Gasteiger partial charge in [-0.25, -0.2) is 0 Å². The van der Waals surface area contributed by atoms with Gasteiger partial charge in [0, 0.05) is 8.95 Å². The molecule has 2 nitrogen and oxygen atoms in total. The van der Waals surface area contributed by atoms with Gasteiger partial charge in [-0.3, -0.25) is 9.69 Å². The Morgan fingerprint density at radius 3 is 2.41 bits per heavy atom. The van der Waals surface area contributed by atoms with Crippen LogP contribution >= 0.6 is 55.8 Å². The Bertz CT molecular complexity index is 787. The fourth-order valence-electron chi connectivity index (χ4n) is 2.02. The minimum Gasteiger partial charge on any atom is -0.268 e. The number of carbonyl (C=O) groups is 1. The van der Waals surface area contributed by atoms with E-state index in [0.29, 0.717) is 9.23 Å². The van der Waals surface area contributed by atoms with Crippen molar-refractivity contribution < 1.29 is 4.79 Å². The first-order valence-electron chi connectivity index (χ1n) is 6.34. The Morgan fingerprint density at radius 2 is 1.73 bits per heavy atom. The lowest BCUT2D eigenvalue weighted by Crippen LogP contribution is -2.27. The van der Waals surface area contributed by atoms with Crippen LogP contribution in [0.4, 0.5) is 5.69 Å². The molecule has 0 saturated carbocycles. The van der Waals surface area contributed by atoms with Crippen molar-refractivity contribution >= 4 is 77.8 Å². The standard InChI is InChI=1S/C16H9Br2NOS2/c17-11-7-5-10(6-8-11)9-14-15(20)19(16(21)22-14)13-4-2-1-3-12(13)18/h1-9H. The molecule has 6 heteroatoms. The van der Waals surface area contributed by atoms with E-state index in [2.05, 4.69) is 31.9 Å². The van der Waals surface area contributed by atoms with Crippen molar-refractivity contribution in [2.75, 3.05) is 4.90 Å².